The van der Waals surface area contributed by atoms with E-state index >= 15 is 0 Å². The maximum atomic E-state index is 12.5. The van der Waals surface area contributed by atoms with Gasteiger partial charge in [-0.1, -0.05) is 6.07 Å². The fourth-order valence-electron chi connectivity index (χ4n) is 2.59. The molecule has 0 spiro atoms. The van der Waals surface area contributed by atoms with Crippen LogP contribution in [0.4, 0.5) is 11.6 Å². The molecule has 1 aliphatic heterocycles. The van der Waals surface area contributed by atoms with E-state index in [9.17, 15) is 20.0 Å². The molecular weight excluding hydrogens is 314 g/mol. The highest BCUT2D eigenvalue weighted by Crippen LogP contribution is 2.30. The van der Waals surface area contributed by atoms with E-state index in [1.807, 2.05) is 4.90 Å². The molecule has 0 unspecified atom stereocenters. The monoisotopic (exact) mass is 329 g/mol. The molecule has 1 N–H and O–H groups in total. The zero-order valence-electron chi connectivity index (χ0n) is 12.7. The molecule has 2 heterocycles. The minimum atomic E-state index is -0.712. The summed E-state index contributed by atoms with van der Waals surface area (Å²) in [5.41, 5.74) is -0.536. The van der Waals surface area contributed by atoms with Gasteiger partial charge in [-0.15, -0.1) is 0 Å². The summed E-state index contributed by atoms with van der Waals surface area (Å²) in [5.74, 6) is -0.422. The van der Waals surface area contributed by atoms with Crippen molar-refractivity contribution in [2.45, 2.75) is 0 Å². The Balaban J connectivity index is 1.72. The Labute approximate surface area is 137 Å². The number of phenolic OH excluding ortho intramolecular Hbond substituents is 1. The first-order chi connectivity index (χ1) is 11.6. The average molecular weight is 329 g/mol. The molecule has 1 fully saturated rings. The van der Waals surface area contributed by atoms with Crippen molar-refractivity contribution >= 4 is 17.5 Å². The van der Waals surface area contributed by atoms with Gasteiger partial charge >= 0.3 is 5.69 Å². The van der Waals surface area contributed by atoms with Crippen LogP contribution in [0.1, 0.15) is 10.4 Å². The van der Waals surface area contributed by atoms with Crippen molar-refractivity contribution in [2.24, 2.45) is 0 Å². The summed E-state index contributed by atoms with van der Waals surface area (Å²) in [6, 6.07) is 5.67. The van der Waals surface area contributed by atoms with Gasteiger partial charge in [-0.25, -0.2) is 9.97 Å². The maximum Gasteiger partial charge on any atom is 0.311 e. The topological polar surface area (TPSA) is 113 Å². The van der Waals surface area contributed by atoms with Gasteiger partial charge in [-0.05, 0) is 12.1 Å². The number of nitrogens with zero attached hydrogens (tertiary/aromatic N) is 5. The number of phenols is 1. The lowest BCUT2D eigenvalue weighted by molar-refractivity contribution is -0.385. The predicted molar refractivity (Wildman–Crippen MR) is 84.9 cm³/mol. The summed E-state index contributed by atoms with van der Waals surface area (Å²) < 4.78 is 0. The number of hydrogen-bond donors (Lipinski definition) is 1. The fraction of sp³-hybridized carbons (Fsp3) is 0.267. The van der Waals surface area contributed by atoms with Crippen LogP contribution in [0, 0.1) is 10.1 Å². The Kier molecular flexibility index (Phi) is 4.23. The number of carbonyl (C=O) groups is 1. The Morgan fingerprint density at radius 2 is 1.79 bits per heavy atom. The molecule has 0 radical (unpaired) electrons. The quantitative estimate of drug-likeness (QED) is 0.661. The van der Waals surface area contributed by atoms with E-state index in [0.717, 1.165) is 6.07 Å². The van der Waals surface area contributed by atoms with Crippen molar-refractivity contribution in [3.63, 3.8) is 0 Å². The molecule has 124 valence electrons. The summed E-state index contributed by atoms with van der Waals surface area (Å²) in [5, 5.41) is 20.8. The number of para-hydroxylation sites is 1. The van der Waals surface area contributed by atoms with E-state index in [0.29, 0.717) is 32.1 Å². The number of piperazine rings is 1. The molecule has 1 aromatic heterocycles. The zero-order chi connectivity index (χ0) is 17.1. The molecule has 1 amide bonds. The molecule has 1 aliphatic rings. The van der Waals surface area contributed by atoms with E-state index in [2.05, 4.69) is 9.97 Å². The third-order valence-corrected chi connectivity index (χ3v) is 3.84. The van der Waals surface area contributed by atoms with Gasteiger partial charge in [0, 0.05) is 44.6 Å². The molecule has 0 bridgehead atoms. The fourth-order valence-corrected chi connectivity index (χ4v) is 2.59. The van der Waals surface area contributed by atoms with Crippen molar-refractivity contribution in [3.05, 3.63) is 52.3 Å². The molecular formula is C15H15N5O4. The largest absolute Gasteiger partial charge is 0.502 e. The van der Waals surface area contributed by atoms with Crippen LogP contribution in [0.2, 0.25) is 0 Å². The van der Waals surface area contributed by atoms with Crippen LogP contribution in [0.25, 0.3) is 0 Å². The highest BCUT2D eigenvalue weighted by Gasteiger charge is 2.27. The van der Waals surface area contributed by atoms with Gasteiger partial charge in [-0.3, -0.25) is 14.9 Å². The molecule has 9 heteroatoms. The molecule has 1 aromatic carbocycles. The summed E-state index contributed by atoms with van der Waals surface area (Å²) in [6.45, 7) is 1.93. The molecule has 0 saturated carbocycles. The zero-order valence-corrected chi connectivity index (χ0v) is 12.7. The standard InChI is InChI=1S/C15H15N5O4/c21-13-11(3-1-4-12(13)20(23)24)14(22)18-7-9-19(10-8-18)15-16-5-2-6-17-15/h1-6,21H,7-10H2. The maximum absolute atomic E-state index is 12.5. The van der Waals surface area contributed by atoms with E-state index in [-0.39, 0.29) is 5.56 Å². The molecule has 3 rings (SSSR count). The lowest BCUT2D eigenvalue weighted by Crippen LogP contribution is -2.49. The van der Waals surface area contributed by atoms with Crippen LogP contribution < -0.4 is 4.90 Å². The molecule has 1 saturated heterocycles. The third-order valence-electron chi connectivity index (χ3n) is 3.84. The van der Waals surface area contributed by atoms with Gasteiger partial charge in [0.15, 0.2) is 0 Å². The third kappa shape index (κ3) is 2.96. The van der Waals surface area contributed by atoms with Gasteiger partial charge < -0.3 is 14.9 Å². The average Bonchev–Trinajstić information content (AvgIpc) is 2.62. The Morgan fingerprint density at radius 1 is 1.12 bits per heavy atom. The summed E-state index contributed by atoms with van der Waals surface area (Å²) >= 11 is 0. The highest BCUT2D eigenvalue weighted by atomic mass is 16.6. The lowest BCUT2D eigenvalue weighted by Gasteiger charge is -2.34. The first kappa shape index (κ1) is 15.7. The number of amides is 1. The number of hydrogen-bond acceptors (Lipinski definition) is 7. The van der Waals surface area contributed by atoms with Crippen LogP contribution in [-0.2, 0) is 0 Å². The number of aromatic hydroxyl groups is 1. The van der Waals surface area contributed by atoms with Gasteiger partial charge in [0.2, 0.25) is 11.7 Å². The van der Waals surface area contributed by atoms with Crippen molar-refractivity contribution in [3.8, 4) is 5.75 Å². The lowest BCUT2D eigenvalue weighted by atomic mass is 10.1. The number of nitro groups is 1. The van der Waals surface area contributed by atoms with Crippen molar-refractivity contribution in [1.82, 2.24) is 14.9 Å². The smallest absolute Gasteiger partial charge is 0.311 e. The van der Waals surface area contributed by atoms with E-state index < -0.39 is 22.3 Å². The summed E-state index contributed by atoms with van der Waals surface area (Å²) in [7, 11) is 0. The molecule has 9 nitrogen and oxygen atoms in total. The molecule has 24 heavy (non-hydrogen) atoms. The minimum Gasteiger partial charge on any atom is -0.502 e. The number of benzene rings is 1. The number of nitro benzene ring substituents is 1. The molecule has 0 aliphatic carbocycles. The van der Waals surface area contributed by atoms with Gasteiger partial charge in [-0.2, -0.15) is 0 Å². The van der Waals surface area contributed by atoms with E-state index in [4.69, 9.17) is 0 Å². The Morgan fingerprint density at radius 3 is 2.42 bits per heavy atom. The Bertz CT molecular complexity index is 760. The number of aromatic nitrogens is 2. The number of rotatable bonds is 3. The van der Waals surface area contributed by atoms with Crippen LogP contribution in [0.15, 0.2) is 36.7 Å². The Hall–Kier alpha value is -3.23. The van der Waals surface area contributed by atoms with Crippen LogP contribution in [0.3, 0.4) is 0 Å². The predicted octanol–water partition coefficient (Wildman–Crippen LogP) is 1.05. The summed E-state index contributed by atoms with van der Waals surface area (Å²) in [6.07, 6.45) is 3.31. The van der Waals surface area contributed by atoms with Gasteiger partial charge in [0.25, 0.3) is 5.91 Å². The number of anilines is 1. The van der Waals surface area contributed by atoms with Crippen LogP contribution >= 0.6 is 0 Å². The highest BCUT2D eigenvalue weighted by molar-refractivity contribution is 5.98. The summed E-state index contributed by atoms with van der Waals surface area (Å²) in [4.78, 5) is 34.5. The second-order valence-corrected chi connectivity index (χ2v) is 5.26. The van der Waals surface area contributed by atoms with Crippen molar-refractivity contribution in [2.75, 3.05) is 31.1 Å². The van der Waals surface area contributed by atoms with Crippen molar-refractivity contribution in [1.29, 1.82) is 0 Å². The van der Waals surface area contributed by atoms with Crippen LogP contribution in [0.5, 0.6) is 5.75 Å². The van der Waals surface area contributed by atoms with Gasteiger partial charge in [0.05, 0.1) is 10.5 Å². The van der Waals surface area contributed by atoms with Gasteiger partial charge in [0.1, 0.15) is 0 Å². The molecule has 2 aromatic rings. The number of carbonyl (C=O) groups excluding carboxylic acids is 1. The van der Waals surface area contributed by atoms with Crippen molar-refractivity contribution < 1.29 is 14.8 Å². The first-order valence-corrected chi connectivity index (χ1v) is 7.35. The first-order valence-electron chi connectivity index (χ1n) is 7.35. The SMILES string of the molecule is O=C(c1cccc([N+](=O)[O-])c1O)N1CCN(c2ncccn2)CC1. The second-order valence-electron chi connectivity index (χ2n) is 5.26. The molecule has 0 atom stereocenters. The second kappa shape index (κ2) is 6.49. The minimum absolute atomic E-state index is 0.0615. The van der Waals surface area contributed by atoms with E-state index in [1.165, 1.54) is 12.1 Å². The normalized spacial score (nSPS) is 14.5. The van der Waals surface area contributed by atoms with Crippen LogP contribution in [-0.4, -0.2) is 57.0 Å². The van der Waals surface area contributed by atoms with E-state index in [1.54, 1.807) is 23.4 Å².